The summed E-state index contributed by atoms with van der Waals surface area (Å²) in [6.07, 6.45) is 1.38. The molecule has 2 N–H and O–H groups in total. The van der Waals surface area contributed by atoms with Crippen molar-refractivity contribution in [3.8, 4) is 22.9 Å². The number of ether oxygens (including phenoxy) is 1. The van der Waals surface area contributed by atoms with Crippen LogP contribution in [-0.4, -0.2) is 23.1 Å². The summed E-state index contributed by atoms with van der Waals surface area (Å²) in [5.41, 5.74) is 5.60. The van der Waals surface area contributed by atoms with Gasteiger partial charge in [0.15, 0.2) is 0 Å². The van der Waals surface area contributed by atoms with Gasteiger partial charge in [0.1, 0.15) is 17.5 Å². The average molecular weight is 553 g/mol. The largest absolute Gasteiger partial charge is 0.422 e. The van der Waals surface area contributed by atoms with Crippen molar-refractivity contribution in [2.24, 2.45) is 5.10 Å². The number of aromatic nitrogens is 1. The zero-order valence-electron chi connectivity index (χ0n) is 20.1. The number of para-hydroxylation sites is 2. The van der Waals surface area contributed by atoms with Crippen LogP contribution < -0.4 is 10.2 Å². The number of fused-ring (bicyclic) bond motifs is 1. The Kier molecular flexibility index (Phi) is 7.41. The van der Waals surface area contributed by atoms with E-state index in [1.165, 1.54) is 6.21 Å². The van der Waals surface area contributed by atoms with E-state index < -0.39 is 11.9 Å². The second kappa shape index (κ2) is 11.2. The van der Waals surface area contributed by atoms with Gasteiger partial charge in [0.25, 0.3) is 5.91 Å². The number of nitrogens with one attached hydrogen (secondary N) is 2. The highest BCUT2D eigenvalue weighted by Gasteiger charge is 2.22. The van der Waals surface area contributed by atoms with E-state index in [0.29, 0.717) is 48.8 Å². The summed E-state index contributed by atoms with van der Waals surface area (Å²) in [6, 6.07) is 27.6. The zero-order chi connectivity index (χ0) is 27.4. The molecule has 0 unspecified atom stereocenters. The summed E-state index contributed by atoms with van der Waals surface area (Å²) in [6.45, 7) is 0. The Morgan fingerprint density at radius 1 is 0.923 bits per heavy atom. The predicted octanol–water partition coefficient (Wildman–Crippen LogP) is 7.00. The minimum absolute atomic E-state index is 0.195. The lowest BCUT2D eigenvalue weighted by Gasteiger charge is -2.08. The fourth-order valence-corrected chi connectivity index (χ4v) is 4.42. The molecular formula is C30H18Cl2N4O3. The van der Waals surface area contributed by atoms with Gasteiger partial charge in [-0.15, -0.1) is 0 Å². The fraction of sp³-hybridized carbons (Fsp3) is 0. The molecule has 5 aromatic rings. The van der Waals surface area contributed by atoms with Gasteiger partial charge in [-0.2, -0.15) is 10.4 Å². The summed E-state index contributed by atoms with van der Waals surface area (Å²) < 4.78 is 5.53. The maximum absolute atomic E-state index is 13.3. The molecule has 9 heteroatoms. The first-order chi connectivity index (χ1) is 19.0. The van der Waals surface area contributed by atoms with Crippen molar-refractivity contribution < 1.29 is 14.3 Å². The Balaban J connectivity index is 1.43. The van der Waals surface area contributed by atoms with Gasteiger partial charge in [-0.05, 0) is 48.5 Å². The number of amides is 1. The molecule has 0 aliphatic heterocycles. The maximum atomic E-state index is 13.3. The molecule has 0 saturated carbocycles. The molecular weight excluding hydrogens is 535 g/mol. The van der Waals surface area contributed by atoms with Crippen molar-refractivity contribution in [2.45, 2.75) is 0 Å². The lowest BCUT2D eigenvalue weighted by molar-refractivity contribution is 0.0734. The van der Waals surface area contributed by atoms with Crippen LogP contribution in [0, 0.1) is 11.3 Å². The highest BCUT2D eigenvalue weighted by molar-refractivity contribution is 6.34. The summed E-state index contributed by atoms with van der Waals surface area (Å²) in [5.74, 6) is -0.847. The first-order valence-corrected chi connectivity index (χ1v) is 12.4. The Labute approximate surface area is 233 Å². The monoisotopic (exact) mass is 552 g/mol. The molecule has 4 aromatic carbocycles. The highest BCUT2D eigenvalue weighted by Crippen LogP contribution is 2.37. The van der Waals surface area contributed by atoms with Crippen LogP contribution in [0.3, 0.4) is 0 Å². The van der Waals surface area contributed by atoms with Crippen molar-refractivity contribution in [3.05, 3.63) is 123 Å². The van der Waals surface area contributed by atoms with Crippen LogP contribution in [0.25, 0.3) is 22.0 Å². The summed E-state index contributed by atoms with van der Waals surface area (Å²) in [7, 11) is 0. The van der Waals surface area contributed by atoms with Crippen LogP contribution in [0.1, 0.15) is 32.0 Å². The van der Waals surface area contributed by atoms with Gasteiger partial charge in [-0.25, -0.2) is 10.2 Å². The molecule has 0 bridgehead atoms. The van der Waals surface area contributed by atoms with Crippen molar-refractivity contribution in [1.29, 1.82) is 5.26 Å². The van der Waals surface area contributed by atoms with Crippen LogP contribution >= 0.6 is 23.2 Å². The minimum atomic E-state index is -0.563. The smallest absolute Gasteiger partial charge is 0.343 e. The quantitative estimate of drug-likeness (QED) is 0.102. The Morgan fingerprint density at radius 3 is 2.44 bits per heavy atom. The highest BCUT2D eigenvalue weighted by atomic mass is 35.5. The van der Waals surface area contributed by atoms with Crippen LogP contribution in [-0.2, 0) is 0 Å². The number of carbonyl (C=O) groups excluding carboxylic acids is 2. The van der Waals surface area contributed by atoms with Crippen molar-refractivity contribution in [2.75, 3.05) is 0 Å². The molecule has 0 atom stereocenters. The van der Waals surface area contributed by atoms with E-state index in [2.05, 4.69) is 21.6 Å². The van der Waals surface area contributed by atoms with Crippen LogP contribution in [0.2, 0.25) is 10.0 Å². The number of hydrogen-bond acceptors (Lipinski definition) is 5. The number of nitriles is 1. The van der Waals surface area contributed by atoms with Gasteiger partial charge in [-0.3, -0.25) is 4.79 Å². The number of hydrazone groups is 1. The lowest BCUT2D eigenvalue weighted by atomic mass is 10.0. The van der Waals surface area contributed by atoms with Crippen LogP contribution in [0.15, 0.2) is 96.1 Å². The molecule has 1 heterocycles. The summed E-state index contributed by atoms with van der Waals surface area (Å²) >= 11 is 12.4. The van der Waals surface area contributed by atoms with Gasteiger partial charge in [0, 0.05) is 32.1 Å². The molecule has 0 radical (unpaired) electrons. The van der Waals surface area contributed by atoms with E-state index in [0.717, 1.165) is 0 Å². The standard InChI is InChI=1S/C30H18Cl2N4O3/c31-21-14-12-18(13-15-21)30(38)39-25-11-4-1-6-20(25)17-34-36-29(37)28-26(22-8-2-3-10-24(22)32)23-9-5-7-19(16-33)27(23)35-28/h1-15,17,35H,(H,36,37). The lowest BCUT2D eigenvalue weighted by Crippen LogP contribution is -2.19. The van der Waals surface area contributed by atoms with Gasteiger partial charge in [0.05, 0.1) is 22.9 Å². The number of aromatic amines is 1. The van der Waals surface area contributed by atoms with E-state index in [9.17, 15) is 14.9 Å². The number of rotatable bonds is 6. The number of benzene rings is 4. The van der Waals surface area contributed by atoms with E-state index >= 15 is 0 Å². The maximum Gasteiger partial charge on any atom is 0.343 e. The zero-order valence-corrected chi connectivity index (χ0v) is 21.6. The van der Waals surface area contributed by atoms with Gasteiger partial charge in [0.2, 0.25) is 0 Å². The molecule has 190 valence electrons. The Morgan fingerprint density at radius 2 is 1.67 bits per heavy atom. The van der Waals surface area contributed by atoms with Crippen molar-refractivity contribution >= 4 is 52.2 Å². The number of H-pyrrole nitrogens is 1. The molecule has 0 spiro atoms. The molecule has 39 heavy (non-hydrogen) atoms. The third-order valence-electron chi connectivity index (χ3n) is 5.90. The average Bonchev–Trinajstić information content (AvgIpc) is 3.34. The molecule has 5 rings (SSSR count). The third-order valence-corrected chi connectivity index (χ3v) is 6.48. The van der Waals surface area contributed by atoms with Crippen LogP contribution in [0.5, 0.6) is 5.75 Å². The normalized spacial score (nSPS) is 10.9. The molecule has 0 aliphatic rings. The first-order valence-electron chi connectivity index (χ1n) is 11.7. The third kappa shape index (κ3) is 5.39. The number of esters is 1. The number of hydrogen-bond donors (Lipinski definition) is 2. The van der Waals surface area contributed by atoms with E-state index in [4.69, 9.17) is 27.9 Å². The Hall–Kier alpha value is -4.90. The van der Waals surface area contributed by atoms with Crippen molar-refractivity contribution in [3.63, 3.8) is 0 Å². The molecule has 1 aromatic heterocycles. The SMILES string of the molecule is N#Cc1cccc2c(-c3ccccc3Cl)c(C(=O)NN=Cc3ccccc3OC(=O)c3ccc(Cl)cc3)[nH]c12. The Bertz CT molecular complexity index is 1790. The first kappa shape index (κ1) is 25.7. The second-order valence-electron chi connectivity index (χ2n) is 8.33. The van der Waals surface area contributed by atoms with Gasteiger partial charge < -0.3 is 9.72 Å². The van der Waals surface area contributed by atoms with E-state index in [1.54, 1.807) is 78.9 Å². The van der Waals surface area contributed by atoms with Gasteiger partial charge >= 0.3 is 5.97 Å². The molecule has 7 nitrogen and oxygen atoms in total. The van der Waals surface area contributed by atoms with Crippen LogP contribution in [0.4, 0.5) is 0 Å². The van der Waals surface area contributed by atoms with Crippen molar-refractivity contribution in [1.82, 2.24) is 10.4 Å². The summed E-state index contributed by atoms with van der Waals surface area (Å²) in [4.78, 5) is 28.9. The predicted molar refractivity (Wildman–Crippen MR) is 151 cm³/mol. The molecule has 1 amide bonds. The number of halogens is 2. The number of carbonyl (C=O) groups is 2. The topological polar surface area (TPSA) is 107 Å². The fourth-order valence-electron chi connectivity index (χ4n) is 4.07. The number of nitrogens with zero attached hydrogens (tertiary/aromatic N) is 2. The van der Waals surface area contributed by atoms with E-state index in [-0.39, 0.29) is 11.4 Å². The summed E-state index contributed by atoms with van der Waals surface area (Å²) in [5, 5.41) is 15.3. The molecule has 0 aliphatic carbocycles. The molecule has 0 fully saturated rings. The van der Waals surface area contributed by atoms with Gasteiger partial charge in [-0.1, -0.05) is 65.7 Å². The van der Waals surface area contributed by atoms with E-state index in [1.807, 2.05) is 12.1 Å². The molecule has 0 saturated heterocycles. The minimum Gasteiger partial charge on any atom is -0.422 e. The second-order valence-corrected chi connectivity index (χ2v) is 9.17.